The smallest absolute Gasteiger partial charge is 0.239 e. The monoisotopic (exact) mass is 381 g/mol. The van der Waals surface area contributed by atoms with E-state index in [1.54, 1.807) is 18.2 Å². The first-order chi connectivity index (χ1) is 13.2. The summed E-state index contributed by atoms with van der Waals surface area (Å²) in [6, 6.07) is 15.4. The molecule has 0 spiro atoms. The molecule has 1 heterocycles. The number of carbonyl (C=O) groups excluding carboxylic acids is 1. The Bertz CT molecular complexity index is 847. The Morgan fingerprint density at radius 1 is 1.15 bits per heavy atom. The highest BCUT2D eigenvalue weighted by Gasteiger charge is 2.30. The lowest BCUT2D eigenvalue weighted by atomic mass is 10.0. The Hall–Kier alpha value is -2.60. The van der Waals surface area contributed by atoms with Crippen LogP contribution in [0.1, 0.15) is 36.5 Å². The number of benzene rings is 2. The molecule has 0 saturated carbocycles. The van der Waals surface area contributed by atoms with Gasteiger partial charge in [-0.1, -0.05) is 61.5 Å². The van der Waals surface area contributed by atoms with E-state index in [-0.39, 0.29) is 16.9 Å². The molecule has 140 valence electrons. The Balaban J connectivity index is 1.58. The van der Waals surface area contributed by atoms with E-state index in [1.165, 1.54) is 36.4 Å². The van der Waals surface area contributed by atoms with E-state index in [0.29, 0.717) is 17.2 Å². The molecular weight excluding hydrogens is 358 g/mol. The van der Waals surface area contributed by atoms with Crippen LogP contribution in [0.25, 0.3) is 0 Å². The molecule has 27 heavy (non-hydrogen) atoms. The lowest BCUT2D eigenvalue weighted by molar-refractivity contribution is -0.118. The third-order valence-electron chi connectivity index (χ3n) is 4.32. The maximum atomic E-state index is 12.2. The molecule has 2 N–H and O–H groups in total. The van der Waals surface area contributed by atoms with Crippen molar-refractivity contribution >= 4 is 29.1 Å². The normalized spacial score (nSPS) is 18.3. The number of hydrogen-bond donors (Lipinski definition) is 2. The summed E-state index contributed by atoms with van der Waals surface area (Å²) >= 11 is 1.38. The van der Waals surface area contributed by atoms with Crippen molar-refractivity contribution in [1.29, 1.82) is 0 Å². The number of thioether (sulfide) groups is 1. The van der Waals surface area contributed by atoms with E-state index in [4.69, 9.17) is 0 Å². The standard InChI is InChI=1S/C21H23N3O2S/c1-2-3-6-15-9-11-16(12-10-15)13-19-20(26)23-21(27-19)24-22-14-17-7-4-5-8-18(17)25/h4-5,7-12,14,19,25H,2-3,6,13H2,1H3,(H,23,24,26)/b22-14-/t19-/m1/s1. The van der Waals surface area contributed by atoms with Gasteiger partial charge in [-0.3, -0.25) is 4.79 Å². The van der Waals surface area contributed by atoms with Crippen molar-refractivity contribution in [1.82, 2.24) is 5.32 Å². The zero-order valence-electron chi connectivity index (χ0n) is 15.3. The Morgan fingerprint density at radius 3 is 2.63 bits per heavy atom. The highest BCUT2D eigenvalue weighted by Crippen LogP contribution is 2.24. The zero-order valence-corrected chi connectivity index (χ0v) is 16.1. The summed E-state index contributed by atoms with van der Waals surface area (Å²) in [6.07, 6.45) is 5.61. The van der Waals surface area contributed by atoms with Crippen LogP contribution in [0.5, 0.6) is 5.75 Å². The highest BCUT2D eigenvalue weighted by molar-refractivity contribution is 8.15. The van der Waals surface area contributed by atoms with Crippen LogP contribution >= 0.6 is 11.8 Å². The summed E-state index contributed by atoms with van der Waals surface area (Å²) < 4.78 is 0. The van der Waals surface area contributed by atoms with Gasteiger partial charge in [0.15, 0.2) is 5.17 Å². The SMILES string of the molecule is CCCCc1ccc(C[C@H]2S/C(=N\N=C/c3ccccc3O)NC2=O)cc1. The number of aromatic hydroxyl groups is 1. The summed E-state index contributed by atoms with van der Waals surface area (Å²) in [5.41, 5.74) is 3.06. The second kappa shape index (κ2) is 9.37. The third kappa shape index (κ3) is 5.44. The highest BCUT2D eigenvalue weighted by atomic mass is 32.2. The van der Waals surface area contributed by atoms with Gasteiger partial charge in [0, 0.05) is 5.56 Å². The second-order valence-electron chi connectivity index (χ2n) is 6.43. The molecule has 3 rings (SSSR count). The molecule has 0 aromatic heterocycles. The van der Waals surface area contributed by atoms with Gasteiger partial charge in [-0.25, -0.2) is 0 Å². The maximum Gasteiger partial charge on any atom is 0.239 e. The fraction of sp³-hybridized carbons (Fsp3) is 0.286. The summed E-state index contributed by atoms with van der Waals surface area (Å²) in [5, 5.41) is 20.8. The molecule has 1 saturated heterocycles. The van der Waals surface area contributed by atoms with Crippen molar-refractivity contribution in [2.45, 2.75) is 37.9 Å². The van der Waals surface area contributed by atoms with Gasteiger partial charge in [0.1, 0.15) is 5.75 Å². The molecule has 0 bridgehead atoms. The van der Waals surface area contributed by atoms with Gasteiger partial charge in [0.25, 0.3) is 0 Å². The molecular formula is C21H23N3O2S. The van der Waals surface area contributed by atoms with E-state index in [2.05, 4.69) is 46.7 Å². The molecule has 5 nitrogen and oxygen atoms in total. The lowest BCUT2D eigenvalue weighted by Gasteiger charge is -2.06. The first-order valence-electron chi connectivity index (χ1n) is 9.10. The van der Waals surface area contributed by atoms with Crippen LogP contribution in [0.15, 0.2) is 58.7 Å². The number of aryl methyl sites for hydroxylation is 1. The minimum atomic E-state index is -0.203. The molecule has 2 aromatic rings. The molecule has 1 amide bonds. The van der Waals surface area contributed by atoms with Gasteiger partial charge in [-0.2, -0.15) is 5.10 Å². The van der Waals surface area contributed by atoms with Crippen molar-refractivity contribution < 1.29 is 9.90 Å². The van der Waals surface area contributed by atoms with E-state index in [1.807, 2.05) is 6.07 Å². The van der Waals surface area contributed by atoms with Gasteiger partial charge < -0.3 is 10.4 Å². The molecule has 0 unspecified atom stereocenters. The van der Waals surface area contributed by atoms with Gasteiger partial charge in [-0.15, -0.1) is 5.10 Å². The first kappa shape index (κ1) is 19.2. The predicted molar refractivity (Wildman–Crippen MR) is 111 cm³/mol. The van der Waals surface area contributed by atoms with Crippen molar-refractivity contribution in [2.75, 3.05) is 0 Å². The van der Waals surface area contributed by atoms with Crippen LogP contribution in [0.3, 0.4) is 0 Å². The fourth-order valence-corrected chi connectivity index (χ4v) is 3.73. The van der Waals surface area contributed by atoms with E-state index in [0.717, 1.165) is 12.0 Å². The van der Waals surface area contributed by atoms with Crippen molar-refractivity contribution in [3.63, 3.8) is 0 Å². The van der Waals surface area contributed by atoms with Crippen molar-refractivity contribution in [2.24, 2.45) is 10.2 Å². The molecule has 2 aromatic carbocycles. The number of para-hydroxylation sites is 1. The van der Waals surface area contributed by atoms with Gasteiger partial charge in [-0.05, 0) is 42.5 Å². The van der Waals surface area contributed by atoms with E-state index in [9.17, 15) is 9.90 Å². The van der Waals surface area contributed by atoms with Crippen LogP contribution in [-0.2, 0) is 17.6 Å². The predicted octanol–water partition coefficient (Wildman–Crippen LogP) is 3.90. The number of carbonyl (C=O) groups is 1. The molecule has 1 atom stereocenters. The average Bonchev–Trinajstić information content (AvgIpc) is 3.02. The van der Waals surface area contributed by atoms with Crippen molar-refractivity contribution in [3.05, 3.63) is 65.2 Å². The number of phenolic OH excluding ortho intramolecular Hbond substituents is 1. The van der Waals surface area contributed by atoms with Gasteiger partial charge in [0.2, 0.25) is 5.91 Å². The molecule has 1 fully saturated rings. The number of phenols is 1. The Morgan fingerprint density at radius 2 is 1.89 bits per heavy atom. The fourth-order valence-electron chi connectivity index (χ4n) is 2.76. The number of hydrogen-bond acceptors (Lipinski definition) is 5. The van der Waals surface area contributed by atoms with Gasteiger partial charge in [0.05, 0.1) is 11.5 Å². The Kier molecular flexibility index (Phi) is 6.65. The maximum absolute atomic E-state index is 12.2. The average molecular weight is 382 g/mol. The number of amides is 1. The summed E-state index contributed by atoms with van der Waals surface area (Å²) in [4.78, 5) is 12.2. The number of nitrogens with one attached hydrogen (secondary N) is 1. The number of unbranched alkanes of at least 4 members (excludes halogenated alkanes) is 1. The Labute approximate surface area is 163 Å². The van der Waals surface area contributed by atoms with E-state index >= 15 is 0 Å². The molecule has 1 aliphatic rings. The van der Waals surface area contributed by atoms with Crippen LogP contribution in [-0.4, -0.2) is 27.6 Å². The zero-order chi connectivity index (χ0) is 19.1. The number of rotatable bonds is 7. The molecule has 0 aliphatic carbocycles. The topological polar surface area (TPSA) is 74.1 Å². The van der Waals surface area contributed by atoms with Crippen LogP contribution < -0.4 is 5.32 Å². The second-order valence-corrected chi connectivity index (χ2v) is 7.62. The first-order valence-corrected chi connectivity index (χ1v) is 9.98. The molecule has 0 radical (unpaired) electrons. The number of amidine groups is 1. The van der Waals surface area contributed by atoms with Crippen LogP contribution in [0, 0.1) is 0 Å². The van der Waals surface area contributed by atoms with Gasteiger partial charge >= 0.3 is 0 Å². The largest absolute Gasteiger partial charge is 0.507 e. The number of nitrogens with zero attached hydrogens (tertiary/aromatic N) is 2. The lowest BCUT2D eigenvalue weighted by Crippen LogP contribution is -2.25. The van der Waals surface area contributed by atoms with Crippen molar-refractivity contribution in [3.8, 4) is 5.75 Å². The summed E-state index contributed by atoms with van der Waals surface area (Å²) in [7, 11) is 0. The summed E-state index contributed by atoms with van der Waals surface area (Å²) in [6.45, 7) is 2.19. The van der Waals surface area contributed by atoms with Crippen LogP contribution in [0.2, 0.25) is 0 Å². The molecule has 6 heteroatoms. The minimum Gasteiger partial charge on any atom is -0.507 e. The van der Waals surface area contributed by atoms with Crippen LogP contribution in [0.4, 0.5) is 0 Å². The molecule has 1 aliphatic heterocycles. The minimum absolute atomic E-state index is 0.0495. The third-order valence-corrected chi connectivity index (χ3v) is 5.39. The van der Waals surface area contributed by atoms with E-state index < -0.39 is 0 Å². The quantitative estimate of drug-likeness (QED) is 0.564. The summed E-state index contributed by atoms with van der Waals surface area (Å²) in [5.74, 6) is 0.0939.